The second-order valence-corrected chi connectivity index (χ2v) is 16.5. The molecule has 2 aliphatic heterocycles. The van der Waals surface area contributed by atoms with Crippen LogP contribution in [0.1, 0.15) is 98.6 Å². The molecule has 64 heavy (non-hydrogen) atoms. The van der Waals surface area contributed by atoms with E-state index in [9.17, 15) is 43.5 Å². The number of carbonyl (C=O) groups is 8. The number of nitrogens with zero attached hydrogens (tertiary/aromatic N) is 3. The van der Waals surface area contributed by atoms with Crippen LogP contribution in [0.4, 0.5) is 0 Å². The van der Waals surface area contributed by atoms with Gasteiger partial charge in [-0.3, -0.25) is 24.0 Å². The first-order valence-corrected chi connectivity index (χ1v) is 22.1. The Labute approximate surface area is 379 Å². The number of aliphatic hydroxyl groups excluding tert-OH is 1. The van der Waals surface area contributed by atoms with Crippen molar-refractivity contribution in [3.05, 3.63) is 71.8 Å². The summed E-state index contributed by atoms with van der Waals surface area (Å²) in [5.41, 5.74) is 2.64. The number of nitrogens with one attached hydrogen (secondary N) is 1. The van der Waals surface area contributed by atoms with Crippen molar-refractivity contribution in [3.63, 3.8) is 0 Å². The summed E-state index contributed by atoms with van der Waals surface area (Å²) in [4.78, 5) is 108. The van der Waals surface area contributed by atoms with Crippen LogP contribution >= 0.6 is 0 Å². The van der Waals surface area contributed by atoms with Crippen molar-refractivity contribution in [2.75, 3.05) is 33.9 Å². The molecule has 16 heteroatoms. The van der Waals surface area contributed by atoms with Crippen molar-refractivity contribution in [2.24, 2.45) is 11.8 Å². The number of ether oxygens (including phenoxy) is 3. The molecule has 0 bridgehead atoms. The first-order valence-electron chi connectivity index (χ1n) is 22.1. The highest BCUT2D eigenvalue weighted by Crippen LogP contribution is 2.21. The van der Waals surface area contributed by atoms with Crippen LogP contribution < -0.4 is 5.32 Å². The van der Waals surface area contributed by atoms with Crippen LogP contribution in [0.3, 0.4) is 0 Å². The van der Waals surface area contributed by atoms with Crippen molar-refractivity contribution in [1.82, 2.24) is 20.0 Å². The normalized spacial score (nSPS) is 23.5. The molecule has 2 fully saturated rings. The predicted molar refractivity (Wildman–Crippen MR) is 241 cm³/mol. The molecule has 356 valence electrons. The number of piperidine rings is 1. The Morgan fingerprint density at radius 2 is 1.11 bits per heavy atom. The average molecular weight is 897 g/mol. The van der Waals surface area contributed by atoms with Crippen LogP contribution in [0.5, 0.6) is 0 Å². The minimum Gasteiger partial charge on any atom is -0.454 e. The molecule has 0 radical (unpaired) electrons. The zero-order valence-corrected chi connectivity index (χ0v) is 39.8. The smallest absolute Gasteiger partial charge is 0.329 e. The van der Waals surface area contributed by atoms with Gasteiger partial charge >= 0.3 is 17.9 Å². The number of benzene rings is 2. The maximum Gasteiger partial charge on any atom is 0.329 e. The molecule has 6 atom stereocenters. The standard InChI is InChI=1S/C32H50N4O12.2C7H8.C2H6/c1-17(2)13-22-31(44)47-16-25(38)35(8)23(14-18(3)4)32(45)48-20(6)28(41)33-19(5)26(39)27(40)29(42)36-12-10-9-11-21(36)30(43)46-15-24(37)34(22)7;2*1-7-5-3-2-4-6-7;1-2/h17-23,27,40H,9-16H2,1-8H3,(H,33,41);2*2-6H,1H3;1-2H3. The third kappa shape index (κ3) is 19.0. The second kappa shape index (κ2) is 28.9. The number of rotatable bonds is 4. The lowest BCUT2D eigenvalue weighted by Gasteiger charge is -2.35. The predicted octanol–water partition coefficient (Wildman–Crippen LogP) is 4.60. The van der Waals surface area contributed by atoms with Crippen molar-refractivity contribution in [2.45, 2.75) is 138 Å². The lowest BCUT2D eigenvalue weighted by molar-refractivity contribution is -0.167. The molecular formula is C48H72N4O12. The third-order valence-electron chi connectivity index (χ3n) is 10.2. The molecule has 0 spiro atoms. The Bertz CT molecular complexity index is 1770. The summed E-state index contributed by atoms with van der Waals surface area (Å²) in [6.07, 6.45) is -2.25. The fraction of sp³-hybridized carbons (Fsp3) is 0.583. The number of esters is 3. The topological polar surface area (TPSA) is 206 Å². The fourth-order valence-corrected chi connectivity index (χ4v) is 6.46. The van der Waals surface area contributed by atoms with Crippen LogP contribution in [0.15, 0.2) is 60.7 Å². The van der Waals surface area contributed by atoms with Crippen molar-refractivity contribution in [1.29, 1.82) is 0 Å². The van der Waals surface area contributed by atoms with Gasteiger partial charge in [-0.05, 0) is 71.6 Å². The van der Waals surface area contributed by atoms with Gasteiger partial charge in [-0.25, -0.2) is 14.4 Å². The average Bonchev–Trinajstić information content (AvgIpc) is 3.27. The molecule has 16 nitrogen and oxygen atoms in total. The number of ketones is 1. The van der Waals surface area contributed by atoms with E-state index >= 15 is 0 Å². The molecule has 2 N–H and O–H groups in total. The van der Waals surface area contributed by atoms with Crippen molar-refractivity contribution in [3.8, 4) is 0 Å². The van der Waals surface area contributed by atoms with E-state index < -0.39 is 96.9 Å². The van der Waals surface area contributed by atoms with Crippen LogP contribution in [0.2, 0.25) is 0 Å². The summed E-state index contributed by atoms with van der Waals surface area (Å²) in [6.45, 7) is 16.4. The van der Waals surface area contributed by atoms with Gasteiger partial charge in [-0.15, -0.1) is 0 Å². The first kappa shape index (κ1) is 56.4. The number of hydrogen-bond donors (Lipinski definition) is 2. The molecule has 6 unspecified atom stereocenters. The molecule has 2 aliphatic rings. The van der Waals surface area contributed by atoms with Gasteiger partial charge in [-0.2, -0.15) is 0 Å². The maximum absolute atomic E-state index is 13.2. The van der Waals surface area contributed by atoms with Gasteiger partial charge in [0.25, 0.3) is 23.6 Å². The van der Waals surface area contributed by atoms with Gasteiger partial charge in [-0.1, -0.05) is 113 Å². The summed E-state index contributed by atoms with van der Waals surface area (Å²) in [5, 5.41) is 13.0. The SMILES string of the molecule is CC.CC(C)CC1C(=O)OCC(=O)N(C)C(CC(C)C)C(=O)OC(C)C(=O)NC(C)C(=O)C(O)C(=O)N2CCCCC2C(=O)OCC(=O)N1C.Cc1ccccc1.Cc1ccccc1. The summed E-state index contributed by atoms with van der Waals surface area (Å²) >= 11 is 0. The Hall–Kier alpha value is -5.64. The number of cyclic esters (lactones) is 3. The first-order chi connectivity index (χ1) is 30.2. The molecule has 0 aromatic heterocycles. The summed E-state index contributed by atoms with van der Waals surface area (Å²) in [7, 11) is 2.64. The zero-order valence-electron chi connectivity index (χ0n) is 39.8. The van der Waals surface area contributed by atoms with E-state index in [0.29, 0.717) is 12.8 Å². The minimum atomic E-state index is -2.24. The van der Waals surface area contributed by atoms with Gasteiger partial charge in [0.2, 0.25) is 0 Å². The highest BCUT2D eigenvalue weighted by atomic mass is 16.6. The monoisotopic (exact) mass is 897 g/mol. The molecule has 0 saturated carbocycles. The Balaban J connectivity index is 0.00000106. The number of amides is 4. The molecule has 4 amide bonds. The van der Waals surface area contributed by atoms with Crippen LogP contribution in [0, 0.1) is 25.7 Å². The van der Waals surface area contributed by atoms with Gasteiger partial charge in [0.1, 0.15) is 18.1 Å². The van der Waals surface area contributed by atoms with Crippen LogP contribution in [0.25, 0.3) is 0 Å². The van der Waals surface area contributed by atoms with E-state index in [1.807, 2.05) is 64.1 Å². The molecule has 2 heterocycles. The lowest BCUT2D eigenvalue weighted by Crippen LogP contribution is -2.56. The highest BCUT2D eigenvalue weighted by molar-refractivity contribution is 6.08. The molecule has 0 aliphatic carbocycles. The van der Waals surface area contributed by atoms with E-state index in [4.69, 9.17) is 14.2 Å². The number of carbonyl (C=O) groups excluding carboxylic acids is 8. The van der Waals surface area contributed by atoms with E-state index in [1.165, 1.54) is 39.1 Å². The van der Waals surface area contributed by atoms with Gasteiger partial charge in [0.05, 0.1) is 6.04 Å². The van der Waals surface area contributed by atoms with Crippen LogP contribution in [-0.2, 0) is 52.6 Å². The molecule has 2 saturated heterocycles. The zero-order chi connectivity index (χ0) is 48.7. The molecule has 2 aromatic carbocycles. The van der Waals surface area contributed by atoms with E-state index in [-0.39, 0.29) is 37.6 Å². The Morgan fingerprint density at radius 1 is 0.672 bits per heavy atom. The van der Waals surface area contributed by atoms with Crippen molar-refractivity contribution < 1.29 is 57.7 Å². The second-order valence-electron chi connectivity index (χ2n) is 16.5. The fourth-order valence-electron chi connectivity index (χ4n) is 6.46. The van der Waals surface area contributed by atoms with Crippen LogP contribution in [-0.4, -0.2) is 137 Å². The van der Waals surface area contributed by atoms with Gasteiger partial charge in [0.15, 0.2) is 31.2 Å². The number of aliphatic hydroxyl groups is 1. The van der Waals surface area contributed by atoms with Gasteiger partial charge in [0, 0.05) is 20.6 Å². The minimum absolute atomic E-state index is 0.0253. The van der Waals surface area contributed by atoms with E-state index in [0.717, 1.165) is 14.7 Å². The quantitative estimate of drug-likeness (QED) is 0.246. The van der Waals surface area contributed by atoms with Crippen molar-refractivity contribution >= 4 is 47.3 Å². The maximum atomic E-state index is 13.2. The summed E-state index contributed by atoms with van der Waals surface area (Å²) in [6, 6.07) is 15.6. The Morgan fingerprint density at radius 3 is 1.53 bits per heavy atom. The number of hydrogen-bond acceptors (Lipinski definition) is 12. The number of likely N-dealkylation sites (N-methyl/N-ethyl adjacent to an activating group) is 2. The highest BCUT2D eigenvalue weighted by Gasteiger charge is 2.41. The number of aryl methyl sites for hydroxylation is 2. The van der Waals surface area contributed by atoms with E-state index in [2.05, 4.69) is 43.4 Å². The summed E-state index contributed by atoms with van der Waals surface area (Å²) < 4.78 is 15.9. The molecule has 2 aromatic rings. The van der Waals surface area contributed by atoms with Gasteiger partial charge < -0.3 is 39.3 Å². The third-order valence-corrected chi connectivity index (χ3v) is 10.2. The van der Waals surface area contributed by atoms with E-state index in [1.54, 1.807) is 13.8 Å². The molecule has 4 rings (SSSR count). The largest absolute Gasteiger partial charge is 0.454 e. The molecular weight excluding hydrogens is 825 g/mol. The number of fused-ring (bicyclic) bond motifs is 1. The Kier molecular flexibility index (Phi) is 25.5. The lowest BCUT2D eigenvalue weighted by atomic mass is 9.99. The summed E-state index contributed by atoms with van der Waals surface area (Å²) in [5.74, 6) is -7.50. The number of Topliss-reactive ketones (excluding diaryl/α,β-unsaturated/α-hetero) is 1.